The second-order valence-corrected chi connectivity index (χ2v) is 7.44. The van der Waals surface area contributed by atoms with Gasteiger partial charge in [-0.1, -0.05) is 12.5 Å². The Hall–Kier alpha value is -1.40. The third kappa shape index (κ3) is 3.02. The van der Waals surface area contributed by atoms with Crippen molar-refractivity contribution in [3.8, 4) is 0 Å². The first-order valence-electron chi connectivity index (χ1n) is 8.15. The van der Waals surface area contributed by atoms with Crippen molar-refractivity contribution in [1.29, 1.82) is 0 Å². The first-order chi connectivity index (χ1) is 10.7. The van der Waals surface area contributed by atoms with E-state index in [9.17, 15) is 9.18 Å². The average molecular weight is 319 g/mol. The molecule has 0 unspecified atom stereocenters. The molecule has 1 aliphatic carbocycles. The number of anilines is 1. The van der Waals surface area contributed by atoms with Crippen LogP contribution < -0.4 is 10.8 Å². The first-order valence-corrected chi connectivity index (χ1v) is 8.15. The van der Waals surface area contributed by atoms with E-state index in [-0.39, 0.29) is 11.8 Å². The number of carbonyl (C=O) groups is 1. The molecular formula is C17H23BFNO3. The van der Waals surface area contributed by atoms with Gasteiger partial charge in [-0.05, 0) is 52.7 Å². The zero-order valence-electron chi connectivity index (χ0n) is 14.1. The maximum absolute atomic E-state index is 14.4. The molecule has 1 aromatic carbocycles. The minimum Gasteiger partial charge on any atom is -0.399 e. The average Bonchev–Trinajstić information content (AvgIpc) is 2.55. The molecule has 0 atom stereocenters. The Morgan fingerprint density at radius 3 is 2.30 bits per heavy atom. The molecule has 1 N–H and O–H groups in total. The van der Waals surface area contributed by atoms with Crippen LogP contribution in [0.3, 0.4) is 0 Å². The van der Waals surface area contributed by atoms with Crippen LogP contribution >= 0.6 is 0 Å². The lowest BCUT2D eigenvalue weighted by molar-refractivity contribution is -0.122. The lowest BCUT2D eigenvalue weighted by Gasteiger charge is -2.32. The molecule has 0 bridgehead atoms. The highest BCUT2D eigenvalue weighted by Crippen LogP contribution is 2.36. The number of halogens is 1. The summed E-state index contributed by atoms with van der Waals surface area (Å²) in [7, 11) is -0.739. The topological polar surface area (TPSA) is 47.6 Å². The fourth-order valence-corrected chi connectivity index (χ4v) is 2.68. The molecule has 124 valence electrons. The van der Waals surface area contributed by atoms with Crippen molar-refractivity contribution >= 4 is 24.2 Å². The van der Waals surface area contributed by atoms with E-state index in [0.29, 0.717) is 11.2 Å². The largest absolute Gasteiger partial charge is 0.497 e. The third-order valence-electron chi connectivity index (χ3n) is 5.25. The van der Waals surface area contributed by atoms with E-state index in [2.05, 4.69) is 5.32 Å². The molecule has 1 saturated heterocycles. The minimum absolute atomic E-state index is 0.0287. The number of hydrogen-bond donors (Lipinski definition) is 1. The van der Waals surface area contributed by atoms with Gasteiger partial charge in [-0.25, -0.2) is 4.39 Å². The van der Waals surface area contributed by atoms with Crippen molar-refractivity contribution in [3.05, 3.63) is 24.0 Å². The molecule has 1 amide bonds. The van der Waals surface area contributed by atoms with Crippen LogP contribution in [-0.4, -0.2) is 24.2 Å². The van der Waals surface area contributed by atoms with E-state index in [4.69, 9.17) is 9.31 Å². The summed E-state index contributed by atoms with van der Waals surface area (Å²) in [5.74, 6) is -0.394. The molecule has 1 aliphatic heterocycles. The van der Waals surface area contributed by atoms with Crippen LogP contribution in [0.1, 0.15) is 47.0 Å². The fourth-order valence-electron chi connectivity index (χ4n) is 2.68. The predicted molar refractivity (Wildman–Crippen MR) is 88.1 cm³/mol. The number of carbonyl (C=O) groups excluding carboxylic acids is 1. The van der Waals surface area contributed by atoms with Crippen LogP contribution in [0.15, 0.2) is 18.2 Å². The van der Waals surface area contributed by atoms with E-state index >= 15 is 0 Å². The molecule has 6 heteroatoms. The Balaban J connectivity index is 1.74. The molecule has 1 aromatic rings. The Labute approximate surface area is 136 Å². The number of benzene rings is 1. The van der Waals surface area contributed by atoms with Crippen LogP contribution in [0.25, 0.3) is 0 Å². The summed E-state index contributed by atoms with van der Waals surface area (Å²) in [5.41, 5.74) is -0.201. The van der Waals surface area contributed by atoms with Gasteiger partial charge in [0.15, 0.2) is 0 Å². The van der Waals surface area contributed by atoms with Gasteiger partial charge in [-0.3, -0.25) is 4.79 Å². The van der Waals surface area contributed by atoms with Gasteiger partial charge >= 0.3 is 7.12 Å². The summed E-state index contributed by atoms with van der Waals surface area (Å²) in [6.07, 6.45) is 2.92. The summed E-state index contributed by atoms with van der Waals surface area (Å²) >= 11 is 0. The molecule has 0 aromatic heterocycles. The van der Waals surface area contributed by atoms with Crippen LogP contribution in [0.2, 0.25) is 0 Å². The Kier molecular flexibility index (Phi) is 4.01. The molecular weight excluding hydrogens is 296 g/mol. The highest BCUT2D eigenvalue weighted by molar-refractivity contribution is 6.62. The molecule has 23 heavy (non-hydrogen) atoms. The molecule has 3 rings (SSSR count). The van der Waals surface area contributed by atoms with Crippen molar-refractivity contribution < 1.29 is 18.5 Å². The highest BCUT2D eigenvalue weighted by Gasteiger charge is 2.52. The van der Waals surface area contributed by atoms with Gasteiger partial charge in [0.05, 0.1) is 11.2 Å². The van der Waals surface area contributed by atoms with Crippen LogP contribution in [-0.2, 0) is 14.1 Å². The van der Waals surface area contributed by atoms with Crippen molar-refractivity contribution in [2.45, 2.75) is 58.2 Å². The fraction of sp³-hybridized carbons (Fsp3) is 0.588. The highest BCUT2D eigenvalue weighted by atomic mass is 19.1. The van der Waals surface area contributed by atoms with E-state index in [1.165, 1.54) is 6.07 Å². The molecule has 1 saturated carbocycles. The van der Waals surface area contributed by atoms with E-state index in [0.717, 1.165) is 19.3 Å². The van der Waals surface area contributed by atoms with Crippen molar-refractivity contribution in [1.82, 2.24) is 0 Å². The molecule has 2 fully saturated rings. The molecule has 4 nitrogen and oxygen atoms in total. The smallest absolute Gasteiger partial charge is 0.399 e. The summed E-state index contributed by atoms with van der Waals surface area (Å²) in [6.45, 7) is 7.71. The van der Waals surface area contributed by atoms with E-state index < -0.39 is 24.1 Å². The SMILES string of the molecule is CC1(C)OB(c2ccc(NC(=O)C3CCC3)cc2F)OC1(C)C. The van der Waals surface area contributed by atoms with Gasteiger partial charge in [0.1, 0.15) is 5.82 Å². The zero-order valence-corrected chi connectivity index (χ0v) is 14.1. The number of nitrogens with one attached hydrogen (secondary N) is 1. The second-order valence-electron chi connectivity index (χ2n) is 7.44. The summed E-state index contributed by atoms with van der Waals surface area (Å²) in [5, 5.41) is 2.77. The summed E-state index contributed by atoms with van der Waals surface area (Å²) < 4.78 is 26.2. The van der Waals surface area contributed by atoms with Crippen molar-refractivity contribution in [3.63, 3.8) is 0 Å². The van der Waals surface area contributed by atoms with E-state index in [1.54, 1.807) is 12.1 Å². The van der Waals surface area contributed by atoms with Gasteiger partial charge in [0, 0.05) is 17.1 Å². The van der Waals surface area contributed by atoms with Crippen molar-refractivity contribution in [2.24, 2.45) is 5.92 Å². The summed E-state index contributed by atoms with van der Waals surface area (Å²) in [4.78, 5) is 11.9. The predicted octanol–water partition coefficient (Wildman–Crippen LogP) is 2.86. The maximum atomic E-state index is 14.4. The monoisotopic (exact) mass is 319 g/mol. The van der Waals surface area contributed by atoms with Gasteiger partial charge in [0.25, 0.3) is 0 Å². The molecule has 0 radical (unpaired) electrons. The standard InChI is InChI=1S/C17H23BFNO3/c1-16(2)17(3,4)23-18(22-16)13-9-8-12(10-14(13)19)20-15(21)11-6-5-7-11/h8-11H,5-7H2,1-4H3,(H,20,21). The zero-order chi connectivity index (χ0) is 16.8. The number of rotatable bonds is 3. The summed E-state index contributed by atoms with van der Waals surface area (Å²) in [6, 6.07) is 4.64. The first kappa shape index (κ1) is 16.5. The molecule has 2 aliphatic rings. The lowest BCUT2D eigenvalue weighted by atomic mass is 9.78. The van der Waals surface area contributed by atoms with E-state index in [1.807, 2.05) is 27.7 Å². The van der Waals surface area contributed by atoms with Crippen molar-refractivity contribution in [2.75, 3.05) is 5.32 Å². The molecule has 1 heterocycles. The molecule has 0 spiro atoms. The normalized spacial score (nSPS) is 22.7. The van der Waals surface area contributed by atoms with Gasteiger partial charge in [0.2, 0.25) is 5.91 Å². The second kappa shape index (κ2) is 5.60. The quantitative estimate of drug-likeness (QED) is 0.872. The Bertz CT molecular complexity index is 612. The number of amides is 1. The van der Waals surface area contributed by atoms with Gasteiger partial charge in [-0.2, -0.15) is 0 Å². The van der Waals surface area contributed by atoms with Crippen LogP contribution in [0.4, 0.5) is 10.1 Å². The van der Waals surface area contributed by atoms with Gasteiger partial charge < -0.3 is 14.6 Å². The number of hydrogen-bond acceptors (Lipinski definition) is 3. The van der Waals surface area contributed by atoms with Gasteiger partial charge in [-0.15, -0.1) is 0 Å². The third-order valence-corrected chi connectivity index (χ3v) is 5.25. The van der Waals surface area contributed by atoms with Crippen LogP contribution in [0, 0.1) is 11.7 Å². The minimum atomic E-state index is -0.739. The lowest BCUT2D eigenvalue weighted by Crippen LogP contribution is -2.41. The maximum Gasteiger partial charge on any atom is 0.497 e. The van der Waals surface area contributed by atoms with Crippen LogP contribution in [0.5, 0.6) is 0 Å². The Morgan fingerprint density at radius 2 is 1.83 bits per heavy atom. The Morgan fingerprint density at radius 1 is 1.22 bits per heavy atom.